The number of rotatable bonds is 2. The highest BCUT2D eigenvalue weighted by molar-refractivity contribution is 6.29. The van der Waals surface area contributed by atoms with E-state index in [2.05, 4.69) is 0 Å². The Hall–Kier alpha value is -0.510. The summed E-state index contributed by atoms with van der Waals surface area (Å²) in [5.41, 5.74) is 0.771. The minimum Gasteiger partial charge on any atom is -0.453 e. The first-order valence-corrected chi connectivity index (χ1v) is 6.63. The lowest BCUT2D eigenvalue weighted by atomic mass is 9.70. The molecule has 1 aromatic rings. The van der Waals surface area contributed by atoms with Crippen molar-refractivity contribution >= 4 is 11.6 Å². The number of aliphatic hydroxyl groups is 1. The van der Waals surface area contributed by atoms with Gasteiger partial charge in [0.15, 0.2) is 5.22 Å². The predicted octanol–water partition coefficient (Wildman–Crippen LogP) is 3.32. The summed E-state index contributed by atoms with van der Waals surface area (Å²) in [6, 6.07) is 1.76. The van der Waals surface area contributed by atoms with E-state index in [0.717, 1.165) is 32.3 Å². The molecule has 3 rings (SSSR count). The molecule has 1 saturated carbocycles. The highest BCUT2D eigenvalue weighted by atomic mass is 35.5. The van der Waals surface area contributed by atoms with Crippen LogP contribution < -0.4 is 0 Å². The van der Waals surface area contributed by atoms with Gasteiger partial charge in [-0.2, -0.15) is 0 Å². The molecule has 0 bridgehead atoms. The van der Waals surface area contributed by atoms with Crippen LogP contribution in [0, 0.1) is 5.92 Å². The van der Waals surface area contributed by atoms with Crippen molar-refractivity contribution in [3.63, 3.8) is 0 Å². The van der Waals surface area contributed by atoms with Crippen LogP contribution in [0.25, 0.3) is 0 Å². The maximum atomic E-state index is 10.4. The molecule has 1 saturated heterocycles. The summed E-state index contributed by atoms with van der Waals surface area (Å²) in [5.74, 6) is 0.235. The molecule has 2 heterocycles. The van der Waals surface area contributed by atoms with Crippen molar-refractivity contribution in [2.75, 3.05) is 6.61 Å². The summed E-state index contributed by atoms with van der Waals surface area (Å²) in [6.45, 7) is 0.747. The quantitative estimate of drug-likeness (QED) is 0.883. The van der Waals surface area contributed by atoms with Crippen molar-refractivity contribution in [3.8, 4) is 0 Å². The van der Waals surface area contributed by atoms with Gasteiger partial charge in [0, 0.05) is 12.2 Å². The van der Waals surface area contributed by atoms with Gasteiger partial charge >= 0.3 is 0 Å². The van der Waals surface area contributed by atoms with Gasteiger partial charge in [0.2, 0.25) is 0 Å². The molecule has 0 amide bonds. The Labute approximate surface area is 106 Å². The molecule has 4 heteroatoms. The van der Waals surface area contributed by atoms with Crippen LogP contribution in [0.1, 0.15) is 43.8 Å². The number of ether oxygens (including phenoxy) is 1. The molecule has 3 nitrogen and oxygen atoms in total. The molecule has 2 atom stereocenters. The average molecular weight is 257 g/mol. The minimum atomic E-state index is -0.525. The molecule has 2 aliphatic rings. The normalized spacial score (nSPS) is 28.9. The largest absolute Gasteiger partial charge is 0.453 e. The molecule has 94 valence electrons. The van der Waals surface area contributed by atoms with E-state index in [-0.39, 0.29) is 11.5 Å². The van der Waals surface area contributed by atoms with E-state index in [1.807, 2.05) is 0 Å². The van der Waals surface area contributed by atoms with E-state index >= 15 is 0 Å². The molecule has 1 spiro atoms. The van der Waals surface area contributed by atoms with Crippen LogP contribution in [0.3, 0.4) is 0 Å². The van der Waals surface area contributed by atoms with Crippen molar-refractivity contribution in [3.05, 3.63) is 23.1 Å². The van der Waals surface area contributed by atoms with Gasteiger partial charge in [0.05, 0.1) is 18.0 Å². The second-order valence-electron chi connectivity index (χ2n) is 5.23. The van der Waals surface area contributed by atoms with Gasteiger partial charge in [0.1, 0.15) is 0 Å². The Bertz CT molecular complexity index is 397. The third-order valence-corrected chi connectivity index (χ3v) is 4.51. The Kier molecular flexibility index (Phi) is 2.93. The lowest BCUT2D eigenvalue weighted by Gasteiger charge is -2.48. The van der Waals surface area contributed by atoms with E-state index in [4.69, 9.17) is 20.8 Å². The third kappa shape index (κ3) is 2.01. The molecule has 2 unspecified atom stereocenters. The number of furan rings is 1. The average Bonchev–Trinajstić information content (AvgIpc) is 2.73. The fraction of sp³-hybridized carbons (Fsp3) is 0.692. The van der Waals surface area contributed by atoms with Gasteiger partial charge in [-0.25, -0.2) is 0 Å². The van der Waals surface area contributed by atoms with Crippen LogP contribution in [-0.4, -0.2) is 17.3 Å². The zero-order valence-corrected chi connectivity index (χ0v) is 10.4. The minimum absolute atomic E-state index is 0.0557. The monoisotopic (exact) mass is 256 g/mol. The van der Waals surface area contributed by atoms with E-state index in [1.165, 1.54) is 12.7 Å². The molecule has 2 fully saturated rings. The van der Waals surface area contributed by atoms with Gasteiger partial charge in [0.25, 0.3) is 0 Å². The molecule has 1 aliphatic heterocycles. The van der Waals surface area contributed by atoms with Crippen LogP contribution in [0.15, 0.2) is 16.7 Å². The zero-order valence-electron chi connectivity index (χ0n) is 9.69. The van der Waals surface area contributed by atoms with Crippen LogP contribution in [0.5, 0.6) is 0 Å². The van der Waals surface area contributed by atoms with Gasteiger partial charge < -0.3 is 14.3 Å². The standard InChI is InChI=1S/C13H17ClO3/c14-12-10(3-6-16-12)11(15)9-2-7-17-13(8-9)4-1-5-13/h3,6,9,11,15H,1-2,4-5,7-8H2. The number of hydrogen-bond acceptors (Lipinski definition) is 3. The topological polar surface area (TPSA) is 42.6 Å². The van der Waals surface area contributed by atoms with Crippen LogP contribution in [-0.2, 0) is 4.74 Å². The molecular weight excluding hydrogens is 240 g/mol. The zero-order chi connectivity index (χ0) is 11.9. The molecule has 1 aromatic heterocycles. The van der Waals surface area contributed by atoms with Crippen molar-refractivity contribution in [2.45, 2.75) is 43.8 Å². The van der Waals surface area contributed by atoms with Crippen molar-refractivity contribution in [1.29, 1.82) is 0 Å². The molecular formula is C13H17ClO3. The summed E-state index contributed by atoms with van der Waals surface area (Å²) in [6.07, 6.45) is 6.35. The van der Waals surface area contributed by atoms with Crippen molar-refractivity contribution in [2.24, 2.45) is 5.92 Å². The van der Waals surface area contributed by atoms with Gasteiger partial charge in [-0.05, 0) is 55.7 Å². The SMILES string of the molecule is OC(c1ccoc1Cl)C1CCOC2(CCC2)C1. The number of halogens is 1. The second-order valence-corrected chi connectivity index (χ2v) is 5.58. The summed E-state index contributed by atoms with van der Waals surface area (Å²) in [5, 5.41) is 10.7. The number of hydrogen-bond donors (Lipinski definition) is 1. The summed E-state index contributed by atoms with van der Waals surface area (Å²) in [7, 11) is 0. The first kappa shape index (κ1) is 11.6. The van der Waals surface area contributed by atoms with Crippen molar-refractivity contribution in [1.82, 2.24) is 0 Å². The lowest BCUT2D eigenvalue weighted by molar-refractivity contribution is -0.157. The first-order chi connectivity index (χ1) is 8.20. The maximum Gasteiger partial charge on any atom is 0.198 e. The highest BCUT2D eigenvalue weighted by Gasteiger charge is 2.44. The van der Waals surface area contributed by atoms with Crippen molar-refractivity contribution < 1.29 is 14.3 Å². The summed E-state index contributed by atoms with van der Waals surface area (Å²) >= 11 is 5.91. The molecule has 1 N–H and O–H groups in total. The van der Waals surface area contributed by atoms with Crippen LogP contribution in [0.2, 0.25) is 5.22 Å². The molecule has 1 aliphatic carbocycles. The van der Waals surface area contributed by atoms with E-state index in [0.29, 0.717) is 10.8 Å². The third-order valence-electron chi connectivity index (χ3n) is 4.21. The summed E-state index contributed by atoms with van der Waals surface area (Å²) < 4.78 is 10.9. The fourth-order valence-electron chi connectivity index (χ4n) is 3.02. The first-order valence-electron chi connectivity index (χ1n) is 6.25. The fourth-order valence-corrected chi connectivity index (χ4v) is 3.25. The van der Waals surface area contributed by atoms with Gasteiger partial charge in [-0.1, -0.05) is 0 Å². The van der Waals surface area contributed by atoms with Crippen LogP contribution in [0.4, 0.5) is 0 Å². The molecule has 0 radical (unpaired) electrons. The van der Waals surface area contributed by atoms with E-state index < -0.39 is 6.10 Å². The molecule has 17 heavy (non-hydrogen) atoms. The smallest absolute Gasteiger partial charge is 0.198 e. The molecule has 0 aromatic carbocycles. The highest BCUT2D eigenvalue weighted by Crippen LogP contribution is 2.47. The summed E-state index contributed by atoms with van der Waals surface area (Å²) in [4.78, 5) is 0. The Balaban J connectivity index is 1.73. The maximum absolute atomic E-state index is 10.4. The van der Waals surface area contributed by atoms with Gasteiger partial charge in [-0.3, -0.25) is 0 Å². The Morgan fingerprint density at radius 3 is 2.88 bits per heavy atom. The second kappa shape index (κ2) is 4.30. The lowest BCUT2D eigenvalue weighted by Crippen LogP contribution is -2.46. The Morgan fingerprint density at radius 1 is 1.47 bits per heavy atom. The van der Waals surface area contributed by atoms with E-state index in [9.17, 15) is 5.11 Å². The van der Waals surface area contributed by atoms with E-state index in [1.54, 1.807) is 6.07 Å². The number of aliphatic hydroxyl groups excluding tert-OH is 1. The predicted molar refractivity (Wildman–Crippen MR) is 63.9 cm³/mol. The van der Waals surface area contributed by atoms with Crippen LogP contribution >= 0.6 is 11.6 Å². The van der Waals surface area contributed by atoms with Gasteiger partial charge in [-0.15, -0.1) is 0 Å². The Morgan fingerprint density at radius 2 is 2.29 bits per heavy atom.